The molecule has 1 aromatic carbocycles. The van der Waals surface area contributed by atoms with Crippen molar-refractivity contribution < 1.29 is 9.18 Å². The van der Waals surface area contributed by atoms with Crippen LogP contribution in [0.2, 0.25) is 5.02 Å². The molecule has 24 heavy (non-hydrogen) atoms. The molecule has 9 heteroatoms. The maximum atomic E-state index is 13.1. The monoisotopic (exact) mass is 388 g/mol. The Hall–Kier alpha value is -1.38. The molecule has 5 nitrogen and oxygen atoms in total. The van der Waals surface area contributed by atoms with E-state index in [1.165, 1.54) is 41.3 Å². The molecule has 2 rings (SSSR count). The lowest BCUT2D eigenvalue weighted by Gasteiger charge is -2.10. The van der Waals surface area contributed by atoms with Gasteiger partial charge < -0.3 is 10.6 Å². The van der Waals surface area contributed by atoms with Crippen molar-refractivity contribution in [2.24, 2.45) is 5.92 Å². The van der Waals surface area contributed by atoms with Crippen molar-refractivity contribution in [3.8, 4) is 0 Å². The SMILES string of the molecule is CC(C)CNc1nnc(S[C@@H](C)C(=O)Nc2ccc(F)c(Cl)c2)s1. The van der Waals surface area contributed by atoms with Gasteiger partial charge in [0, 0.05) is 12.2 Å². The number of nitrogens with one attached hydrogen (secondary N) is 2. The minimum absolute atomic E-state index is 0.0295. The molecule has 0 aliphatic rings. The summed E-state index contributed by atoms with van der Waals surface area (Å²) in [5.41, 5.74) is 0.454. The lowest BCUT2D eigenvalue weighted by molar-refractivity contribution is -0.115. The van der Waals surface area contributed by atoms with Crippen LogP contribution in [-0.2, 0) is 4.79 Å². The van der Waals surface area contributed by atoms with Crippen LogP contribution in [0.5, 0.6) is 0 Å². The Morgan fingerprint density at radius 1 is 1.38 bits per heavy atom. The molecular formula is C15H18ClFN4OS2. The van der Waals surface area contributed by atoms with Crippen LogP contribution < -0.4 is 10.6 Å². The van der Waals surface area contributed by atoms with Gasteiger partial charge in [-0.1, -0.05) is 48.5 Å². The van der Waals surface area contributed by atoms with Crippen molar-refractivity contribution in [1.29, 1.82) is 0 Å². The molecule has 2 N–H and O–H groups in total. The topological polar surface area (TPSA) is 66.9 Å². The third-order valence-corrected chi connectivity index (χ3v) is 5.26. The fourth-order valence-electron chi connectivity index (χ4n) is 1.64. The van der Waals surface area contributed by atoms with Crippen molar-refractivity contribution in [3.63, 3.8) is 0 Å². The van der Waals surface area contributed by atoms with E-state index in [0.717, 1.165) is 11.7 Å². The molecule has 0 saturated heterocycles. The molecule has 2 aromatic rings. The minimum atomic E-state index is -0.521. The van der Waals surface area contributed by atoms with Gasteiger partial charge in [0.05, 0.1) is 10.3 Å². The molecule has 0 aliphatic heterocycles. The van der Waals surface area contributed by atoms with E-state index < -0.39 is 5.82 Å². The molecule has 0 spiro atoms. The number of carbonyl (C=O) groups excluding carboxylic acids is 1. The van der Waals surface area contributed by atoms with Gasteiger partial charge >= 0.3 is 0 Å². The van der Waals surface area contributed by atoms with Crippen molar-refractivity contribution >= 4 is 51.4 Å². The maximum Gasteiger partial charge on any atom is 0.237 e. The highest BCUT2D eigenvalue weighted by molar-refractivity contribution is 8.02. The molecule has 0 unspecified atom stereocenters. The van der Waals surface area contributed by atoms with Crippen LogP contribution >= 0.6 is 34.7 Å². The standard InChI is InChI=1S/C15H18ClFN4OS2/c1-8(2)7-18-14-20-21-15(24-14)23-9(3)13(22)19-10-4-5-12(17)11(16)6-10/h4-6,8-9H,7H2,1-3H3,(H,18,20)(H,19,22)/t9-/m0/s1. The summed E-state index contributed by atoms with van der Waals surface area (Å²) >= 11 is 8.44. The van der Waals surface area contributed by atoms with Crippen LogP contribution in [0.15, 0.2) is 22.5 Å². The molecule has 0 saturated carbocycles. The van der Waals surface area contributed by atoms with E-state index in [9.17, 15) is 9.18 Å². The van der Waals surface area contributed by atoms with Crippen LogP contribution in [-0.4, -0.2) is 27.9 Å². The number of benzene rings is 1. The maximum absolute atomic E-state index is 13.1. The van der Waals surface area contributed by atoms with Crippen molar-refractivity contribution in [2.45, 2.75) is 30.4 Å². The first-order chi connectivity index (χ1) is 11.3. The highest BCUT2D eigenvalue weighted by Crippen LogP contribution is 2.29. The molecule has 0 radical (unpaired) electrons. The minimum Gasteiger partial charge on any atom is -0.360 e. The van der Waals surface area contributed by atoms with Gasteiger partial charge in [0.25, 0.3) is 0 Å². The summed E-state index contributed by atoms with van der Waals surface area (Å²) in [7, 11) is 0. The first kappa shape index (κ1) is 19.0. The summed E-state index contributed by atoms with van der Waals surface area (Å²) in [5, 5.41) is 14.4. The lowest BCUT2D eigenvalue weighted by atomic mass is 10.2. The van der Waals surface area contributed by atoms with Gasteiger partial charge in [-0.25, -0.2) is 4.39 Å². The van der Waals surface area contributed by atoms with Crippen molar-refractivity contribution in [2.75, 3.05) is 17.2 Å². The summed E-state index contributed by atoms with van der Waals surface area (Å²) in [6.45, 7) is 6.81. The molecule has 1 amide bonds. The first-order valence-corrected chi connectivity index (χ1v) is 9.42. The zero-order valence-corrected chi connectivity index (χ0v) is 15.9. The van der Waals surface area contributed by atoms with Crippen LogP contribution in [0.4, 0.5) is 15.2 Å². The summed E-state index contributed by atoms with van der Waals surface area (Å²) < 4.78 is 13.8. The van der Waals surface area contributed by atoms with E-state index in [-0.39, 0.29) is 16.2 Å². The van der Waals surface area contributed by atoms with E-state index in [1.807, 2.05) is 0 Å². The number of nitrogens with zero attached hydrogens (tertiary/aromatic N) is 2. The van der Waals surface area contributed by atoms with Crippen LogP contribution in [0.25, 0.3) is 0 Å². The van der Waals surface area contributed by atoms with Gasteiger partial charge in [-0.2, -0.15) is 0 Å². The van der Waals surface area contributed by atoms with Crippen LogP contribution in [0, 0.1) is 11.7 Å². The second-order valence-corrected chi connectivity index (χ2v) is 8.50. The normalized spacial score (nSPS) is 12.2. The van der Waals surface area contributed by atoms with Crippen molar-refractivity contribution in [3.05, 3.63) is 29.0 Å². The number of hydrogen-bond donors (Lipinski definition) is 2. The van der Waals surface area contributed by atoms with E-state index in [0.29, 0.717) is 15.9 Å². The van der Waals surface area contributed by atoms with E-state index in [1.54, 1.807) is 6.92 Å². The Morgan fingerprint density at radius 3 is 2.79 bits per heavy atom. The number of hydrogen-bond acceptors (Lipinski definition) is 6. The molecule has 1 heterocycles. The van der Waals surface area contributed by atoms with Crippen LogP contribution in [0.1, 0.15) is 20.8 Å². The van der Waals surface area contributed by atoms with E-state index >= 15 is 0 Å². The molecule has 0 bridgehead atoms. The Balaban J connectivity index is 1.90. The predicted molar refractivity (Wildman–Crippen MR) is 98.6 cm³/mol. The number of carbonyl (C=O) groups is 1. The Bertz CT molecular complexity index is 711. The Labute approximate surface area is 153 Å². The fourth-order valence-corrected chi connectivity index (χ4v) is 3.73. The third-order valence-electron chi connectivity index (χ3n) is 2.90. The second kappa shape index (κ2) is 8.64. The Morgan fingerprint density at radius 2 is 2.12 bits per heavy atom. The smallest absolute Gasteiger partial charge is 0.237 e. The van der Waals surface area contributed by atoms with Gasteiger partial charge in [0.15, 0.2) is 4.34 Å². The number of rotatable bonds is 7. The highest BCUT2D eigenvalue weighted by atomic mass is 35.5. The van der Waals surface area contributed by atoms with Gasteiger partial charge in [-0.3, -0.25) is 4.79 Å². The van der Waals surface area contributed by atoms with E-state index in [4.69, 9.17) is 11.6 Å². The van der Waals surface area contributed by atoms with Gasteiger partial charge in [-0.05, 0) is 31.0 Å². The summed E-state index contributed by atoms with van der Waals surface area (Å²) in [6, 6.07) is 4.06. The first-order valence-electron chi connectivity index (χ1n) is 7.35. The Kier molecular flexibility index (Phi) is 6.82. The largest absolute Gasteiger partial charge is 0.360 e. The summed E-state index contributed by atoms with van der Waals surface area (Å²) in [4.78, 5) is 12.2. The van der Waals surface area contributed by atoms with Crippen molar-refractivity contribution in [1.82, 2.24) is 10.2 Å². The summed E-state index contributed by atoms with van der Waals surface area (Å²) in [6.07, 6.45) is 0. The van der Waals surface area contributed by atoms with Crippen LogP contribution in [0.3, 0.4) is 0 Å². The molecule has 0 fully saturated rings. The van der Waals surface area contributed by atoms with Gasteiger partial charge in [0.2, 0.25) is 11.0 Å². The number of thioether (sulfide) groups is 1. The predicted octanol–water partition coefficient (Wildman–Crippen LogP) is 4.52. The van der Waals surface area contributed by atoms with E-state index in [2.05, 4.69) is 34.7 Å². The van der Waals surface area contributed by atoms with Gasteiger partial charge in [0.1, 0.15) is 5.82 Å². The zero-order valence-electron chi connectivity index (χ0n) is 13.5. The highest BCUT2D eigenvalue weighted by Gasteiger charge is 2.18. The summed E-state index contributed by atoms with van der Waals surface area (Å²) in [5.74, 6) is -0.223. The second-order valence-electron chi connectivity index (χ2n) is 5.53. The average molecular weight is 389 g/mol. The zero-order chi connectivity index (χ0) is 17.7. The molecule has 0 aliphatic carbocycles. The number of anilines is 2. The molecule has 1 aromatic heterocycles. The lowest BCUT2D eigenvalue weighted by Crippen LogP contribution is -2.22. The number of halogens is 2. The quantitative estimate of drug-likeness (QED) is 0.682. The number of amides is 1. The molecular weight excluding hydrogens is 371 g/mol. The van der Waals surface area contributed by atoms with Gasteiger partial charge in [-0.15, -0.1) is 10.2 Å². The average Bonchev–Trinajstić information content (AvgIpc) is 2.96. The third kappa shape index (κ3) is 5.61. The molecule has 130 valence electrons. The molecule has 1 atom stereocenters. The fraction of sp³-hybridized carbons (Fsp3) is 0.400. The number of aromatic nitrogens is 2.